The summed E-state index contributed by atoms with van der Waals surface area (Å²) in [6.45, 7) is 3.34. The minimum Gasteiger partial charge on any atom is -0.480 e. The summed E-state index contributed by atoms with van der Waals surface area (Å²) in [4.78, 5) is 24.5. The van der Waals surface area contributed by atoms with E-state index in [0.717, 1.165) is 32.6 Å². The summed E-state index contributed by atoms with van der Waals surface area (Å²) in [5.74, 6) is -1.42. The molecule has 0 spiro atoms. The van der Waals surface area contributed by atoms with E-state index in [-0.39, 0.29) is 25.5 Å². The molecular weight excluding hydrogens is 238 g/mol. The van der Waals surface area contributed by atoms with Crippen molar-refractivity contribution in [2.45, 2.75) is 18.9 Å². The average molecular weight is 259 g/mol. The van der Waals surface area contributed by atoms with Crippen molar-refractivity contribution >= 4 is 11.9 Å². The van der Waals surface area contributed by atoms with Crippen molar-refractivity contribution < 1.29 is 19.8 Å². The van der Waals surface area contributed by atoms with Gasteiger partial charge in [0.05, 0.1) is 6.54 Å². The van der Waals surface area contributed by atoms with Crippen LogP contribution in [0.2, 0.25) is 0 Å². The fourth-order valence-corrected chi connectivity index (χ4v) is 1.89. The van der Waals surface area contributed by atoms with Gasteiger partial charge in [-0.05, 0) is 19.5 Å². The van der Waals surface area contributed by atoms with E-state index in [1.807, 2.05) is 4.90 Å². The molecule has 1 saturated heterocycles. The van der Waals surface area contributed by atoms with Gasteiger partial charge < -0.3 is 20.8 Å². The van der Waals surface area contributed by atoms with Crippen LogP contribution in [0.1, 0.15) is 12.8 Å². The second-order valence-corrected chi connectivity index (χ2v) is 4.35. The van der Waals surface area contributed by atoms with Gasteiger partial charge in [-0.1, -0.05) is 0 Å². The smallest absolute Gasteiger partial charge is 0.326 e. The lowest BCUT2D eigenvalue weighted by atomic mass is 10.2. The molecule has 1 aliphatic heterocycles. The molecular formula is C11H21N3O4. The van der Waals surface area contributed by atoms with E-state index in [4.69, 9.17) is 10.2 Å². The first-order valence-corrected chi connectivity index (χ1v) is 6.19. The van der Waals surface area contributed by atoms with E-state index in [2.05, 4.69) is 10.6 Å². The van der Waals surface area contributed by atoms with E-state index in [0.29, 0.717) is 0 Å². The standard InChI is InChI=1S/C11H21N3O4/c15-7-2-9(11(17)18)13-10(16)8-14-5-1-3-12-4-6-14/h9,12,15H,1-8H2,(H,13,16)(H,17,18)/t9-/m1/s1. The Bertz CT molecular complexity index is 277. The van der Waals surface area contributed by atoms with Crippen molar-refractivity contribution in [3.63, 3.8) is 0 Å². The van der Waals surface area contributed by atoms with Gasteiger partial charge in [0.2, 0.25) is 5.91 Å². The first-order valence-electron chi connectivity index (χ1n) is 6.19. The molecule has 7 nitrogen and oxygen atoms in total. The highest BCUT2D eigenvalue weighted by Gasteiger charge is 2.20. The van der Waals surface area contributed by atoms with Gasteiger partial charge in [-0.25, -0.2) is 4.79 Å². The van der Waals surface area contributed by atoms with Crippen LogP contribution in [0, 0.1) is 0 Å². The van der Waals surface area contributed by atoms with Gasteiger partial charge in [-0.2, -0.15) is 0 Å². The zero-order chi connectivity index (χ0) is 13.4. The summed E-state index contributed by atoms with van der Waals surface area (Å²) in [6.07, 6.45) is 1.01. The predicted octanol–water partition coefficient (Wildman–Crippen LogP) is -1.77. The molecule has 1 fully saturated rings. The van der Waals surface area contributed by atoms with Crippen molar-refractivity contribution in [1.29, 1.82) is 0 Å². The lowest BCUT2D eigenvalue weighted by molar-refractivity contribution is -0.142. The third kappa shape index (κ3) is 5.44. The number of aliphatic carboxylic acids is 1. The van der Waals surface area contributed by atoms with E-state index < -0.39 is 12.0 Å². The molecule has 1 rings (SSSR count). The van der Waals surface area contributed by atoms with E-state index in [9.17, 15) is 9.59 Å². The number of nitrogens with zero attached hydrogens (tertiary/aromatic N) is 1. The molecule has 0 saturated carbocycles. The third-order valence-electron chi connectivity index (χ3n) is 2.85. The molecule has 0 unspecified atom stereocenters. The first kappa shape index (κ1) is 14.9. The van der Waals surface area contributed by atoms with Crippen LogP contribution in [0.4, 0.5) is 0 Å². The zero-order valence-corrected chi connectivity index (χ0v) is 10.4. The molecule has 18 heavy (non-hydrogen) atoms. The van der Waals surface area contributed by atoms with Crippen LogP contribution in [-0.4, -0.2) is 72.4 Å². The van der Waals surface area contributed by atoms with Crippen LogP contribution < -0.4 is 10.6 Å². The molecule has 0 aromatic rings. The summed E-state index contributed by atoms with van der Waals surface area (Å²) in [5, 5.41) is 23.2. The van der Waals surface area contributed by atoms with Crippen LogP contribution in [0.5, 0.6) is 0 Å². The normalized spacial score (nSPS) is 18.9. The van der Waals surface area contributed by atoms with Crippen LogP contribution >= 0.6 is 0 Å². The Morgan fingerprint density at radius 2 is 2.11 bits per heavy atom. The third-order valence-corrected chi connectivity index (χ3v) is 2.85. The van der Waals surface area contributed by atoms with Gasteiger partial charge in [-0.3, -0.25) is 9.69 Å². The van der Waals surface area contributed by atoms with E-state index >= 15 is 0 Å². The first-order chi connectivity index (χ1) is 8.63. The van der Waals surface area contributed by atoms with Crippen LogP contribution in [0.15, 0.2) is 0 Å². The number of aliphatic hydroxyl groups excluding tert-OH is 1. The van der Waals surface area contributed by atoms with Gasteiger partial charge in [0, 0.05) is 26.1 Å². The molecule has 0 aliphatic carbocycles. The Hall–Kier alpha value is -1.18. The molecule has 7 heteroatoms. The lowest BCUT2D eigenvalue weighted by Crippen LogP contribution is -2.46. The Morgan fingerprint density at radius 3 is 2.78 bits per heavy atom. The number of amides is 1. The molecule has 1 atom stereocenters. The lowest BCUT2D eigenvalue weighted by Gasteiger charge is -2.20. The molecule has 0 bridgehead atoms. The number of carboxylic acids is 1. The summed E-state index contributed by atoms with van der Waals surface area (Å²) in [5.41, 5.74) is 0. The predicted molar refractivity (Wildman–Crippen MR) is 65.2 cm³/mol. The molecule has 1 amide bonds. The minimum atomic E-state index is -1.12. The number of carbonyl (C=O) groups excluding carboxylic acids is 1. The Morgan fingerprint density at radius 1 is 1.33 bits per heavy atom. The number of carbonyl (C=O) groups is 2. The maximum Gasteiger partial charge on any atom is 0.326 e. The monoisotopic (exact) mass is 259 g/mol. The summed E-state index contributed by atoms with van der Waals surface area (Å²) >= 11 is 0. The van der Waals surface area contributed by atoms with Crippen molar-refractivity contribution in [2.75, 3.05) is 39.3 Å². The average Bonchev–Trinajstić information content (AvgIpc) is 2.57. The molecule has 1 aliphatic rings. The number of hydrogen-bond donors (Lipinski definition) is 4. The second-order valence-electron chi connectivity index (χ2n) is 4.35. The van der Waals surface area contributed by atoms with Crippen LogP contribution in [0.3, 0.4) is 0 Å². The highest BCUT2D eigenvalue weighted by atomic mass is 16.4. The van der Waals surface area contributed by atoms with Gasteiger partial charge in [0.1, 0.15) is 6.04 Å². The van der Waals surface area contributed by atoms with E-state index in [1.165, 1.54) is 0 Å². The number of rotatable bonds is 6. The van der Waals surface area contributed by atoms with E-state index in [1.54, 1.807) is 0 Å². The molecule has 0 aromatic heterocycles. The van der Waals surface area contributed by atoms with Crippen molar-refractivity contribution in [3.05, 3.63) is 0 Å². The summed E-state index contributed by atoms with van der Waals surface area (Å²) in [7, 11) is 0. The fourth-order valence-electron chi connectivity index (χ4n) is 1.89. The number of carboxylic acid groups (broad SMARTS) is 1. The number of aliphatic hydroxyl groups is 1. The van der Waals surface area contributed by atoms with Crippen LogP contribution in [-0.2, 0) is 9.59 Å². The molecule has 104 valence electrons. The number of nitrogens with one attached hydrogen (secondary N) is 2. The topological polar surface area (TPSA) is 102 Å². The van der Waals surface area contributed by atoms with Crippen molar-refractivity contribution in [2.24, 2.45) is 0 Å². The number of hydrogen-bond acceptors (Lipinski definition) is 5. The van der Waals surface area contributed by atoms with Gasteiger partial charge >= 0.3 is 5.97 Å². The molecule has 1 heterocycles. The molecule has 0 aromatic carbocycles. The summed E-state index contributed by atoms with van der Waals surface area (Å²) in [6, 6.07) is -1.01. The van der Waals surface area contributed by atoms with Crippen molar-refractivity contribution in [3.8, 4) is 0 Å². The molecule has 4 N–H and O–H groups in total. The highest BCUT2D eigenvalue weighted by molar-refractivity contribution is 5.84. The highest BCUT2D eigenvalue weighted by Crippen LogP contribution is 1.96. The van der Waals surface area contributed by atoms with Gasteiger partial charge in [0.15, 0.2) is 0 Å². The summed E-state index contributed by atoms with van der Waals surface area (Å²) < 4.78 is 0. The maximum atomic E-state index is 11.7. The largest absolute Gasteiger partial charge is 0.480 e. The minimum absolute atomic E-state index is 0.0304. The Labute approximate surface area is 106 Å². The quantitative estimate of drug-likeness (QED) is 0.450. The van der Waals surface area contributed by atoms with Gasteiger partial charge in [-0.15, -0.1) is 0 Å². The van der Waals surface area contributed by atoms with Crippen molar-refractivity contribution in [1.82, 2.24) is 15.5 Å². The van der Waals surface area contributed by atoms with Crippen LogP contribution in [0.25, 0.3) is 0 Å². The maximum absolute atomic E-state index is 11.7. The molecule has 0 radical (unpaired) electrons. The Kier molecular flexibility index (Phi) is 6.63. The second kappa shape index (κ2) is 8.02. The zero-order valence-electron chi connectivity index (χ0n) is 10.4. The van der Waals surface area contributed by atoms with Gasteiger partial charge in [0.25, 0.3) is 0 Å². The SMILES string of the molecule is O=C(CN1CCCNCC1)N[C@H](CCO)C(=O)O. The fraction of sp³-hybridized carbons (Fsp3) is 0.818. The Balaban J connectivity index is 2.36.